The van der Waals surface area contributed by atoms with E-state index in [-0.39, 0.29) is 11.2 Å². The second kappa shape index (κ2) is 6.00. The van der Waals surface area contributed by atoms with Gasteiger partial charge in [0.15, 0.2) is 0 Å². The van der Waals surface area contributed by atoms with Crippen molar-refractivity contribution in [1.29, 1.82) is 0 Å². The van der Waals surface area contributed by atoms with E-state index in [0.29, 0.717) is 17.9 Å². The summed E-state index contributed by atoms with van der Waals surface area (Å²) in [6.45, 7) is 7.25. The first-order chi connectivity index (χ1) is 11.3. The zero-order valence-corrected chi connectivity index (χ0v) is 14.2. The van der Waals surface area contributed by atoms with Crippen molar-refractivity contribution in [3.05, 3.63) is 59.8 Å². The van der Waals surface area contributed by atoms with Crippen LogP contribution in [0.2, 0.25) is 0 Å². The van der Waals surface area contributed by atoms with E-state index in [2.05, 4.69) is 55.3 Å². The first-order valence-electron chi connectivity index (χ1n) is 7.91. The van der Waals surface area contributed by atoms with E-state index in [1.165, 1.54) is 11.6 Å². The fourth-order valence-corrected chi connectivity index (χ4v) is 2.58. The Bertz CT molecular complexity index is 845. The fraction of sp³-hybridized carbons (Fsp3) is 0.263. The van der Waals surface area contributed by atoms with Crippen LogP contribution in [0.25, 0.3) is 11.3 Å². The van der Waals surface area contributed by atoms with E-state index in [4.69, 9.17) is 5.73 Å². The van der Waals surface area contributed by atoms with Gasteiger partial charge in [0.25, 0.3) is 0 Å². The molecule has 3 rings (SSSR count). The van der Waals surface area contributed by atoms with Gasteiger partial charge in [-0.05, 0) is 28.7 Å². The van der Waals surface area contributed by atoms with Gasteiger partial charge in [-0.15, -0.1) is 5.10 Å². The standard InChI is InChI=1S/C19H22N4O/c1-19(2,3)14-6-4-13(5-7-14)11-23-12-18(21-22-23)16-9-8-15(24)10-17(16)20/h4-10,12,24H,11,20H2,1-3H3. The van der Waals surface area contributed by atoms with E-state index in [9.17, 15) is 5.11 Å². The van der Waals surface area contributed by atoms with Gasteiger partial charge in [-0.25, -0.2) is 4.68 Å². The van der Waals surface area contributed by atoms with Crippen molar-refractivity contribution in [2.45, 2.75) is 32.7 Å². The molecule has 0 radical (unpaired) electrons. The van der Waals surface area contributed by atoms with Gasteiger partial charge in [0.1, 0.15) is 11.4 Å². The maximum atomic E-state index is 9.44. The van der Waals surface area contributed by atoms with Crippen molar-refractivity contribution in [3.63, 3.8) is 0 Å². The summed E-state index contributed by atoms with van der Waals surface area (Å²) < 4.78 is 1.79. The van der Waals surface area contributed by atoms with Crippen LogP contribution in [-0.4, -0.2) is 20.1 Å². The SMILES string of the molecule is CC(C)(C)c1ccc(Cn2cc(-c3ccc(O)cc3N)nn2)cc1. The third-order valence-corrected chi connectivity index (χ3v) is 4.01. The second-order valence-corrected chi connectivity index (χ2v) is 7.02. The number of aromatic nitrogens is 3. The maximum absolute atomic E-state index is 9.44. The Kier molecular flexibility index (Phi) is 4.01. The van der Waals surface area contributed by atoms with Crippen LogP contribution in [0.3, 0.4) is 0 Å². The third-order valence-electron chi connectivity index (χ3n) is 4.01. The zero-order chi connectivity index (χ0) is 17.3. The summed E-state index contributed by atoms with van der Waals surface area (Å²) in [5.41, 5.74) is 10.5. The van der Waals surface area contributed by atoms with Crippen molar-refractivity contribution in [3.8, 4) is 17.0 Å². The van der Waals surface area contributed by atoms with Gasteiger partial charge in [0.2, 0.25) is 0 Å². The average molecular weight is 322 g/mol. The summed E-state index contributed by atoms with van der Waals surface area (Å²) in [5, 5.41) is 17.8. The average Bonchev–Trinajstić information content (AvgIpc) is 2.95. The minimum Gasteiger partial charge on any atom is -0.508 e. The highest BCUT2D eigenvalue weighted by Crippen LogP contribution is 2.27. The summed E-state index contributed by atoms with van der Waals surface area (Å²) >= 11 is 0. The van der Waals surface area contributed by atoms with Crippen molar-refractivity contribution >= 4 is 5.69 Å². The lowest BCUT2D eigenvalue weighted by Gasteiger charge is -2.19. The molecule has 5 heteroatoms. The third kappa shape index (κ3) is 3.40. The molecule has 0 aliphatic heterocycles. The molecule has 0 aliphatic rings. The minimum absolute atomic E-state index is 0.141. The molecule has 0 saturated carbocycles. The normalized spacial score (nSPS) is 11.6. The number of benzene rings is 2. The van der Waals surface area contributed by atoms with Gasteiger partial charge in [-0.1, -0.05) is 50.3 Å². The Morgan fingerprint density at radius 3 is 2.42 bits per heavy atom. The van der Waals surface area contributed by atoms with Crippen molar-refractivity contribution < 1.29 is 5.11 Å². The Morgan fingerprint density at radius 1 is 1.08 bits per heavy atom. The van der Waals surface area contributed by atoms with Crippen molar-refractivity contribution in [2.24, 2.45) is 0 Å². The molecule has 0 atom stereocenters. The van der Waals surface area contributed by atoms with Crippen molar-refractivity contribution in [2.75, 3.05) is 5.73 Å². The number of nitrogens with zero attached hydrogens (tertiary/aromatic N) is 3. The van der Waals surface area contributed by atoms with Crippen LogP contribution >= 0.6 is 0 Å². The Morgan fingerprint density at radius 2 is 1.79 bits per heavy atom. The van der Waals surface area contributed by atoms with Gasteiger partial charge in [0, 0.05) is 17.3 Å². The maximum Gasteiger partial charge on any atom is 0.117 e. The monoisotopic (exact) mass is 322 g/mol. The van der Waals surface area contributed by atoms with Crippen LogP contribution in [0.15, 0.2) is 48.7 Å². The van der Waals surface area contributed by atoms with Crippen LogP contribution in [0.1, 0.15) is 31.9 Å². The molecule has 0 unspecified atom stereocenters. The second-order valence-electron chi connectivity index (χ2n) is 7.02. The van der Waals surface area contributed by atoms with Gasteiger partial charge in [-0.3, -0.25) is 0 Å². The number of hydrogen-bond donors (Lipinski definition) is 2. The predicted molar refractivity (Wildman–Crippen MR) is 95.8 cm³/mol. The smallest absolute Gasteiger partial charge is 0.117 e. The molecule has 1 aromatic heterocycles. The molecule has 0 fully saturated rings. The number of hydrogen-bond acceptors (Lipinski definition) is 4. The van der Waals surface area contributed by atoms with Gasteiger partial charge < -0.3 is 10.8 Å². The highest BCUT2D eigenvalue weighted by molar-refractivity contribution is 5.74. The molecule has 3 N–H and O–H groups in total. The first-order valence-corrected chi connectivity index (χ1v) is 7.91. The van der Waals surface area contributed by atoms with Crippen LogP contribution in [0.4, 0.5) is 5.69 Å². The molecule has 1 heterocycles. The number of phenols is 1. The molecule has 2 aromatic carbocycles. The largest absolute Gasteiger partial charge is 0.508 e. The number of anilines is 1. The highest BCUT2D eigenvalue weighted by atomic mass is 16.3. The minimum atomic E-state index is 0.141. The zero-order valence-electron chi connectivity index (χ0n) is 14.2. The number of rotatable bonds is 3. The molecule has 3 aromatic rings. The molecule has 0 spiro atoms. The molecule has 0 saturated heterocycles. The lowest BCUT2D eigenvalue weighted by Crippen LogP contribution is -2.11. The van der Waals surface area contributed by atoms with E-state index < -0.39 is 0 Å². The van der Waals surface area contributed by atoms with E-state index in [0.717, 1.165) is 11.1 Å². The summed E-state index contributed by atoms with van der Waals surface area (Å²) in [4.78, 5) is 0. The van der Waals surface area contributed by atoms with E-state index >= 15 is 0 Å². The summed E-state index contributed by atoms with van der Waals surface area (Å²) in [6.07, 6.45) is 1.86. The Balaban J connectivity index is 1.79. The van der Waals surface area contributed by atoms with E-state index in [1.54, 1.807) is 16.8 Å². The number of nitrogens with two attached hydrogens (primary N) is 1. The quantitative estimate of drug-likeness (QED) is 0.723. The molecule has 124 valence electrons. The predicted octanol–water partition coefficient (Wildman–Crippen LogP) is 3.58. The van der Waals surface area contributed by atoms with Crippen molar-refractivity contribution in [1.82, 2.24) is 15.0 Å². The number of aromatic hydroxyl groups is 1. The molecule has 5 nitrogen and oxygen atoms in total. The van der Waals surface area contributed by atoms with Gasteiger partial charge in [0.05, 0.1) is 12.7 Å². The lowest BCUT2D eigenvalue weighted by molar-refractivity contribution is 0.475. The molecular formula is C19H22N4O. The van der Waals surface area contributed by atoms with Crippen LogP contribution in [0.5, 0.6) is 5.75 Å². The van der Waals surface area contributed by atoms with Crippen LogP contribution in [0, 0.1) is 0 Å². The molecule has 0 amide bonds. The lowest BCUT2D eigenvalue weighted by atomic mass is 9.87. The topological polar surface area (TPSA) is 77.0 Å². The Hall–Kier alpha value is -2.82. The summed E-state index contributed by atoms with van der Waals surface area (Å²) in [6, 6.07) is 13.4. The summed E-state index contributed by atoms with van der Waals surface area (Å²) in [5.74, 6) is 0.141. The summed E-state index contributed by atoms with van der Waals surface area (Å²) in [7, 11) is 0. The first kappa shape index (κ1) is 16.1. The number of phenolic OH excluding ortho intramolecular Hbond substituents is 1. The van der Waals surface area contributed by atoms with Crippen LogP contribution < -0.4 is 5.73 Å². The van der Waals surface area contributed by atoms with E-state index in [1.807, 2.05) is 6.20 Å². The molecule has 0 bridgehead atoms. The molecule has 24 heavy (non-hydrogen) atoms. The fourth-order valence-electron chi connectivity index (χ4n) is 2.58. The Labute approximate surface area is 141 Å². The number of nitrogen functional groups attached to an aromatic ring is 1. The molecular weight excluding hydrogens is 300 g/mol. The highest BCUT2D eigenvalue weighted by Gasteiger charge is 2.13. The molecule has 0 aliphatic carbocycles. The van der Waals surface area contributed by atoms with Gasteiger partial charge >= 0.3 is 0 Å². The van der Waals surface area contributed by atoms with Crippen LogP contribution in [-0.2, 0) is 12.0 Å². The van der Waals surface area contributed by atoms with Gasteiger partial charge in [-0.2, -0.15) is 0 Å².